The second-order valence-corrected chi connectivity index (χ2v) is 3.93. The number of carbonyl (C=O) groups is 1. The van der Waals surface area contributed by atoms with Crippen molar-refractivity contribution in [3.8, 4) is 11.5 Å². The Kier molecular flexibility index (Phi) is 3.37. The van der Waals surface area contributed by atoms with E-state index in [1.165, 1.54) is 6.92 Å². The van der Waals surface area contributed by atoms with Gasteiger partial charge in [0.25, 0.3) is 0 Å². The third-order valence-electron chi connectivity index (χ3n) is 2.63. The van der Waals surface area contributed by atoms with Gasteiger partial charge in [-0.25, -0.2) is 0 Å². The molecule has 0 saturated heterocycles. The molecule has 4 nitrogen and oxygen atoms in total. The van der Waals surface area contributed by atoms with Crippen molar-refractivity contribution in [3.05, 3.63) is 36.5 Å². The summed E-state index contributed by atoms with van der Waals surface area (Å²) < 4.78 is 10.5. The van der Waals surface area contributed by atoms with E-state index in [1.807, 2.05) is 18.2 Å². The Labute approximate surface area is 105 Å². The van der Waals surface area contributed by atoms with Crippen LogP contribution < -0.4 is 9.47 Å². The topological polar surface area (TPSA) is 51.3 Å². The zero-order valence-electron chi connectivity index (χ0n) is 10.4. The van der Waals surface area contributed by atoms with Crippen molar-refractivity contribution < 1.29 is 14.3 Å². The van der Waals surface area contributed by atoms with Crippen LogP contribution in [0.4, 0.5) is 0 Å². The molecule has 2 rings (SSSR count). The summed E-state index contributed by atoms with van der Waals surface area (Å²) in [6.45, 7) is 5.08. The van der Waals surface area contributed by atoms with E-state index in [2.05, 4.69) is 11.6 Å². The summed E-state index contributed by atoms with van der Waals surface area (Å²) >= 11 is 0. The molecule has 0 radical (unpaired) electrons. The van der Waals surface area contributed by atoms with E-state index in [0.717, 1.165) is 22.3 Å². The number of allylic oxidation sites excluding steroid dienone is 1. The lowest BCUT2D eigenvalue weighted by molar-refractivity contribution is -0.131. The molecule has 1 heterocycles. The molecular formula is C14H15NO3. The average Bonchev–Trinajstić information content (AvgIpc) is 2.67. The molecular weight excluding hydrogens is 230 g/mol. The number of aromatic nitrogens is 1. The fourth-order valence-corrected chi connectivity index (χ4v) is 1.88. The van der Waals surface area contributed by atoms with E-state index >= 15 is 0 Å². The van der Waals surface area contributed by atoms with Gasteiger partial charge in [-0.3, -0.25) is 4.79 Å². The van der Waals surface area contributed by atoms with Crippen LogP contribution in [0.5, 0.6) is 11.5 Å². The third kappa shape index (κ3) is 2.22. The first-order valence-corrected chi connectivity index (χ1v) is 5.63. The van der Waals surface area contributed by atoms with Crippen molar-refractivity contribution in [2.24, 2.45) is 0 Å². The van der Waals surface area contributed by atoms with Gasteiger partial charge in [-0.1, -0.05) is 6.08 Å². The van der Waals surface area contributed by atoms with Crippen molar-refractivity contribution in [3.63, 3.8) is 0 Å². The van der Waals surface area contributed by atoms with Gasteiger partial charge in [0, 0.05) is 24.2 Å². The number of H-pyrrole nitrogens is 1. The first-order valence-electron chi connectivity index (χ1n) is 5.63. The maximum atomic E-state index is 11.2. The molecule has 1 aromatic heterocycles. The lowest BCUT2D eigenvalue weighted by Gasteiger charge is -2.03. The minimum atomic E-state index is -0.343. The molecule has 4 heteroatoms. The molecule has 0 fully saturated rings. The summed E-state index contributed by atoms with van der Waals surface area (Å²) in [7, 11) is 1.60. The van der Waals surface area contributed by atoms with Gasteiger partial charge in [0.1, 0.15) is 5.75 Å². The summed E-state index contributed by atoms with van der Waals surface area (Å²) in [4.78, 5) is 14.4. The molecule has 1 N–H and O–H groups in total. The molecule has 0 aliphatic carbocycles. The molecule has 1 aromatic carbocycles. The van der Waals surface area contributed by atoms with E-state index in [9.17, 15) is 4.79 Å². The molecule has 0 amide bonds. The maximum absolute atomic E-state index is 11.2. The Balaban J connectivity index is 2.61. The van der Waals surface area contributed by atoms with Gasteiger partial charge in [-0.2, -0.15) is 0 Å². The van der Waals surface area contributed by atoms with Gasteiger partial charge in [-0.05, 0) is 18.2 Å². The summed E-state index contributed by atoms with van der Waals surface area (Å²) in [5.41, 5.74) is 1.74. The van der Waals surface area contributed by atoms with Crippen LogP contribution in [0, 0.1) is 0 Å². The van der Waals surface area contributed by atoms with Gasteiger partial charge in [0.15, 0.2) is 5.75 Å². The van der Waals surface area contributed by atoms with Crippen LogP contribution >= 0.6 is 0 Å². The number of rotatable bonds is 4. The normalized spacial score (nSPS) is 10.3. The van der Waals surface area contributed by atoms with Crippen LogP contribution in [-0.4, -0.2) is 18.1 Å². The van der Waals surface area contributed by atoms with E-state index in [1.54, 1.807) is 13.2 Å². The highest BCUT2D eigenvalue weighted by Gasteiger charge is 2.14. The van der Waals surface area contributed by atoms with Crippen LogP contribution in [0.2, 0.25) is 0 Å². The first kappa shape index (κ1) is 12.2. The monoisotopic (exact) mass is 245 g/mol. The Morgan fingerprint density at radius 1 is 1.50 bits per heavy atom. The van der Waals surface area contributed by atoms with Gasteiger partial charge in [0.05, 0.1) is 12.8 Å². The zero-order valence-corrected chi connectivity index (χ0v) is 10.4. The van der Waals surface area contributed by atoms with E-state index < -0.39 is 0 Å². The zero-order chi connectivity index (χ0) is 13.1. The van der Waals surface area contributed by atoms with E-state index in [0.29, 0.717) is 12.2 Å². The molecule has 0 aliphatic rings. The number of esters is 1. The summed E-state index contributed by atoms with van der Waals surface area (Å²) in [5.74, 6) is 0.931. The lowest BCUT2D eigenvalue weighted by atomic mass is 10.2. The molecule has 94 valence electrons. The summed E-state index contributed by atoms with van der Waals surface area (Å²) in [5, 5.41) is 0.835. The minimum absolute atomic E-state index is 0.343. The Bertz CT molecular complexity index is 598. The van der Waals surface area contributed by atoms with Gasteiger partial charge in [-0.15, -0.1) is 6.58 Å². The molecule has 0 aliphatic heterocycles. The smallest absolute Gasteiger partial charge is 0.308 e. The van der Waals surface area contributed by atoms with Crippen molar-refractivity contribution in [1.82, 2.24) is 4.98 Å². The van der Waals surface area contributed by atoms with Crippen LogP contribution in [0.1, 0.15) is 12.6 Å². The summed E-state index contributed by atoms with van der Waals surface area (Å²) in [6.07, 6.45) is 2.37. The Morgan fingerprint density at radius 2 is 2.28 bits per heavy atom. The van der Waals surface area contributed by atoms with E-state index in [-0.39, 0.29) is 5.97 Å². The van der Waals surface area contributed by atoms with Gasteiger partial charge >= 0.3 is 5.97 Å². The molecule has 2 aromatic rings. The first-order chi connectivity index (χ1) is 8.65. The summed E-state index contributed by atoms with van der Waals surface area (Å²) in [6, 6.07) is 5.60. The molecule has 0 unspecified atom stereocenters. The number of carbonyl (C=O) groups excluding carboxylic acids is 1. The highest BCUT2D eigenvalue weighted by Crippen LogP contribution is 2.33. The van der Waals surface area contributed by atoms with Crippen LogP contribution in [0.3, 0.4) is 0 Å². The quantitative estimate of drug-likeness (QED) is 0.665. The van der Waals surface area contributed by atoms with Crippen molar-refractivity contribution in [2.45, 2.75) is 13.3 Å². The van der Waals surface area contributed by atoms with Crippen molar-refractivity contribution in [2.75, 3.05) is 7.11 Å². The number of fused-ring (bicyclic) bond motifs is 1. The number of nitrogens with one attached hydrogen (secondary N) is 1. The molecule has 18 heavy (non-hydrogen) atoms. The van der Waals surface area contributed by atoms with Gasteiger partial charge < -0.3 is 14.5 Å². The van der Waals surface area contributed by atoms with Crippen LogP contribution in [0.25, 0.3) is 10.9 Å². The number of aromatic amines is 1. The van der Waals surface area contributed by atoms with Crippen molar-refractivity contribution in [1.29, 1.82) is 0 Å². The second kappa shape index (κ2) is 4.96. The second-order valence-electron chi connectivity index (χ2n) is 3.93. The van der Waals surface area contributed by atoms with Crippen LogP contribution in [-0.2, 0) is 11.2 Å². The fraction of sp³-hybridized carbons (Fsp3) is 0.214. The number of benzene rings is 1. The molecule has 0 atom stereocenters. The predicted octanol–water partition coefficient (Wildman–Crippen LogP) is 2.83. The molecule has 0 saturated carbocycles. The maximum Gasteiger partial charge on any atom is 0.308 e. The number of methoxy groups -OCH3 is 1. The SMILES string of the molecule is C=CCc1[nH]c2ccc(OC)cc2c1OC(C)=O. The highest BCUT2D eigenvalue weighted by atomic mass is 16.5. The third-order valence-corrected chi connectivity index (χ3v) is 2.63. The average molecular weight is 245 g/mol. The predicted molar refractivity (Wildman–Crippen MR) is 70.1 cm³/mol. The van der Waals surface area contributed by atoms with Gasteiger partial charge in [0.2, 0.25) is 0 Å². The fourth-order valence-electron chi connectivity index (χ4n) is 1.88. The van der Waals surface area contributed by atoms with Crippen LogP contribution in [0.15, 0.2) is 30.9 Å². The number of hydrogen-bond donors (Lipinski definition) is 1. The molecule has 0 spiro atoms. The Hall–Kier alpha value is -2.23. The lowest BCUT2D eigenvalue weighted by Crippen LogP contribution is -2.02. The minimum Gasteiger partial charge on any atom is -0.497 e. The molecule has 0 bridgehead atoms. The standard InChI is InChI=1S/C14H15NO3/c1-4-5-13-14(18-9(2)16)11-8-10(17-3)6-7-12(11)15-13/h4,6-8,15H,1,5H2,2-3H3. The Morgan fingerprint density at radius 3 is 2.89 bits per heavy atom. The number of hydrogen-bond acceptors (Lipinski definition) is 3. The van der Waals surface area contributed by atoms with Crippen molar-refractivity contribution >= 4 is 16.9 Å². The largest absolute Gasteiger partial charge is 0.497 e. The number of ether oxygens (including phenoxy) is 2. The highest BCUT2D eigenvalue weighted by molar-refractivity contribution is 5.91. The van der Waals surface area contributed by atoms with E-state index in [4.69, 9.17) is 9.47 Å².